The van der Waals surface area contributed by atoms with Crippen LogP contribution in [0.15, 0.2) is 41.1 Å². The standard InChI is InChI=1S/C23H16ClF3N6O/c24-14-2-1-3-15(25)18(14)21-30-17(10-28)19(31-21)13-4-5-16(29-11-13)22-32-20(33-34-22)12-6-8-23(26,27)9-7-12/h1-5,11-12H,6-9H2,(H,30,31). The summed E-state index contributed by atoms with van der Waals surface area (Å²) in [6.45, 7) is 0. The summed E-state index contributed by atoms with van der Waals surface area (Å²) >= 11 is 6.12. The number of benzene rings is 1. The predicted octanol–water partition coefficient (Wildman–Crippen LogP) is 6.15. The minimum absolute atomic E-state index is 0.0537. The fourth-order valence-electron chi connectivity index (χ4n) is 3.98. The van der Waals surface area contributed by atoms with Gasteiger partial charge in [-0.1, -0.05) is 22.8 Å². The molecule has 4 aromatic rings. The highest BCUT2D eigenvalue weighted by molar-refractivity contribution is 6.33. The predicted molar refractivity (Wildman–Crippen MR) is 116 cm³/mol. The van der Waals surface area contributed by atoms with Crippen molar-refractivity contribution < 1.29 is 17.7 Å². The van der Waals surface area contributed by atoms with Gasteiger partial charge in [0.15, 0.2) is 11.5 Å². The molecule has 0 aliphatic heterocycles. The lowest BCUT2D eigenvalue weighted by molar-refractivity contribution is -0.0389. The van der Waals surface area contributed by atoms with Crippen LogP contribution < -0.4 is 0 Å². The highest BCUT2D eigenvalue weighted by Crippen LogP contribution is 2.40. The maximum absolute atomic E-state index is 14.3. The Hall–Kier alpha value is -3.71. The zero-order valence-electron chi connectivity index (χ0n) is 17.5. The van der Waals surface area contributed by atoms with E-state index >= 15 is 0 Å². The van der Waals surface area contributed by atoms with Gasteiger partial charge in [0.25, 0.3) is 5.89 Å². The lowest BCUT2D eigenvalue weighted by atomic mass is 9.86. The second-order valence-corrected chi connectivity index (χ2v) is 8.44. The van der Waals surface area contributed by atoms with Crippen molar-refractivity contribution in [1.82, 2.24) is 25.1 Å². The van der Waals surface area contributed by atoms with Crippen molar-refractivity contribution in [2.24, 2.45) is 0 Å². The molecule has 1 saturated carbocycles. The molecular formula is C23H16ClF3N6O. The Morgan fingerprint density at radius 3 is 2.62 bits per heavy atom. The number of imidazole rings is 1. The summed E-state index contributed by atoms with van der Waals surface area (Å²) in [6, 6.07) is 9.55. The number of hydrogen-bond donors (Lipinski definition) is 1. The Morgan fingerprint density at radius 2 is 1.94 bits per heavy atom. The Labute approximate surface area is 196 Å². The minimum Gasteiger partial charge on any atom is -0.337 e. The molecule has 5 rings (SSSR count). The largest absolute Gasteiger partial charge is 0.337 e. The van der Waals surface area contributed by atoms with E-state index in [2.05, 4.69) is 25.1 Å². The second kappa shape index (κ2) is 8.57. The van der Waals surface area contributed by atoms with Crippen LogP contribution in [0.3, 0.4) is 0 Å². The fraction of sp³-hybridized carbons (Fsp3) is 0.261. The third kappa shape index (κ3) is 4.15. The smallest absolute Gasteiger partial charge is 0.276 e. The summed E-state index contributed by atoms with van der Waals surface area (Å²) < 4.78 is 46.4. The lowest BCUT2D eigenvalue weighted by Gasteiger charge is -2.26. The van der Waals surface area contributed by atoms with Gasteiger partial charge in [-0.2, -0.15) is 10.2 Å². The van der Waals surface area contributed by atoms with Gasteiger partial charge in [0, 0.05) is 30.5 Å². The number of hydrogen-bond acceptors (Lipinski definition) is 6. The maximum Gasteiger partial charge on any atom is 0.276 e. The number of aromatic amines is 1. The molecule has 34 heavy (non-hydrogen) atoms. The molecule has 11 heteroatoms. The van der Waals surface area contributed by atoms with Gasteiger partial charge in [-0.15, -0.1) is 0 Å². The molecule has 0 radical (unpaired) electrons. The van der Waals surface area contributed by atoms with E-state index in [9.17, 15) is 18.4 Å². The summed E-state index contributed by atoms with van der Waals surface area (Å²) in [6.07, 6.45) is 1.69. The number of halogens is 4. The number of nitrogens with zero attached hydrogens (tertiary/aromatic N) is 5. The van der Waals surface area contributed by atoms with Gasteiger partial charge in [0.05, 0.1) is 16.3 Å². The zero-order valence-corrected chi connectivity index (χ0v) is 18.3. The van der Waals surface area contributed by atoms with Crippen LogP contribution in [0.4, 0.5) is 13.2 Å². The number of H-pyrrole nitrogens is 1. The first-order valence-corrected chi connectivity index (χ1v) is 10.8. The average molecular weight is 485 g/mol. The van der Waals surface area contributed by atoms with Crippen LogP contribution in [0.1, 0.15) is 43.1 Å². The van der Waals surface area contributed by atoms with E-state index in [4.69, 9.17) is 16.1 Å². The number of rotatable bonds is 4. The molecule has 0 spiro atoms. The van der Waals surface area contributed by atoms with Crippen molar-refractivity contribution >= 4 is 11.6 Å². The van der Waals surface area contributed by atoms with Gasteiger partial charge in [-0.05, 0) is 37.1 Å². The highest BCUT2D eigenvalue weighted by Gasteiger charge is 2.37. The lowest BCUT2D eigenvalue weighted by Crippen LogP contribution is -2.24. The number of nitrogens with one attached hydrogen (secondary N) is 1. The number of pyridine rings is 1. The molecule has 1 aliphatic carbocycles. The molecule has 0 unspecified atom stereocenters. The van der Waals surface area contributed by atoms with E-state index in [-0.39, 0.29) is 46.8 Å². The molecule has 1 aromatic carbocycles. The summed E-state index contributed by atoms with van der Waals surface area (Å²) in [4.78, 5) is 15.8. The minimum atomic E-state index is -2.63. The number of aromatic nitrogens is 5. The Morgan fingerprint density at radius 1 is 1.15 bits per heavy atom. The molecule has 3 heterocycles. The monoisotopic (exact) mass is 484 g/mol. The third-order valence-corrected chi connectivity index (χ3v) is 6.12. The highest BCUT2D eigenvalue weighted by atomic mass is 35.5. The molecule has 7 nitrogen and oxygen atoms in total. The third-order valence-electron chi connectivity index (χ3n) is 5.80. The molecule has 1 aliphatic rings. The van der Waals surface area contributed by atoms with Crippen molar-refractivity contribution in [3.05, 3.63) is 58.9 Å². The van der Waals surface area contributed by atoms with Crippen molar-refractivity contribution in [1.29, 1.82) is 5.26 Å². The number of alkyl halides is 2. The summed E-state index contributed by atoms with van der Waals surface area (Å²) in [5.41, 5.74) is 1.39. The normalized spacial score (nSPS) is 15.9. The SMILES string of the molecule is N#Cc1nc(-c2c(F)cccc2Cl)[nH]c1-c1ccc(-c2nc(C3CCC(F)(F)CC3)no2)nc1. The fourth-order valence-corrected chi connectivity index (χ4v) is 4.23. The van der Waals surface area contributed by atoms with Crippen molar-refractivity contribution in [3.63, 3.8) is 0 Å². The molecular weight excluding hydrogens is 469 g/mol. The van der Waals surface area contributed by atoms with Crippen LogP contribution in [0.5, 0.6) is 0 Å². The van der Waals surface area contributed by atoms with Crippen LogP contribution in [0.2, 0.25) is 5.02 Å². The van der Waals surface area contributed by atoms with E-state index in [0.29, 0.717) is 35.6 Å². The summed E-state index contributed by atoms with van der Waals surface area (Å²) in [5, 5.41) is 13.6. The van der Waals surface area contributed by atoms with Gasteiger partial charge in [0.2, 0.25) is 5.92 Å². The summed E-state index contributed by atoms with van der Waals surface area (Å²) in [7, 11) is 0. The van der Waals surface area contributed by atoms with Crippen LogP contribution in [-0.4, -0.2) is 31.0 Å². The Bertz CT molecular complexity index is 1360. The van der Waals surface area contributed by atoms with Crippen LogP contribution >= 0.6 is 11.6 Å². The van der Waals surface area contributed by atoms with Gasteiger partial charge < -0.3 is 9.51 Å². The Kier molecular flexibility index (Phi) is 5.57. The van der Waals surface area contributed by atoms with Crippen molar-refractivity contribution in [2.45, 2.75) is 37.5 Å². The molecule has 3 aromatic heterocycles. The number of nitriles is 1. The Balaban J connectivity index is 1.40. The first kappa shape index (κ1) is 22.1. The first-order chi connectivity index (χ1) is 16.3. The molecule has 0 amide bonds. The van der Waals surface area contributed by atoms with E-state index < -0.39 is 11.7 Å². The molecule has 0 bridgehead atoms. The van der Waals surface area contributed by atoms with E-state index in [1.165, 1.54) is 24.4 Å². The maximum atomic E-state index is 14.3. The van der Waals surface area contributed by atoms with Crippen molar-refractivity contribution in [3.8, 4) is 40.3 Å². The van der Waals surface area contributed by atoms with Gasteiger partial charge >= 0.3 is 0 Å². The molecule has 0 saturated heterocycles. The first-order valence-electron chi connectivity index (χ1n) is 10.5. The van der Waals surface area contributed by atoms with E-state index in [1.807, 2.05) is 6.07 Å². The van der Waals surface area contributed by atoms with E-state index in [0.717, 1.165) is 0 Å². The van der Waals surface area contributed by atoms with Gasteiger partial charge in [0.1, 0.15) is 23.4 Å². The van der Waals surface area contributed by atoms with Crippen LogP contribution in [-0.2, 0) is 0 Å². The molecule has 1 fully saturated rings. The van der Waals surface area contributed by atoms with Gasteiger partial charge in [-0.3, -0.25) is 4.98 Å². The van der Waals surface area contributed by atoms with E-state index in [1.54, 1.807) is 12.1 Å². The molecule has 1 N–H and O–H groups in total. The van der Waals surface area contributed by atoms with Crippen molar-refractivity contribution in [2.75, 3.05) is 0 Å². The second-order valence-electron chi connectivity index (χ2n) is 8.04. The van der Waals surface area contributed by atoms with Gasteiger partial charge in [-0.25, -0.2) is 18.2 Å². The zero-order chi connectivity index (χ0) is 23.9. The van der Waals surface area contributed by atoms with Crippen LogP contribution in [0, 0.1) is 17.1 Å². The topological polar surface area (TPSA) is 104 Å². The molecule has 0 atom stereocenters. The average Bonchev–Trinajstić information content (AvgIpc) is 3.47. The van der Waals surface area contributed by atoms with Crippen LogP contribution in [0.25, 0.3) is 34.2 Å². The molecule has 172 valence electrons. The summed E-state index contributed by atoms with van der Waals surface area (Å²) in [5.74, 6) is -2.69. The quantitative estimate of drug-likeness (QED) is 0.372.